The Morgan fingerprint density at radius 1 is 1.35 bits per heavy atom. The zero-order valence-electron chi connectivity index (χ0n) is 9.93. The topological polar surface area (TPSA) is 25.2 Å². The molecule has 2 unspecified atom stereocenters. The molecule has 1 saturated carbocycles. The first-order valence-electron chi connectivity index (χ1n) is 6.17. The lowest BCUT2D eigenvalue weighted by atomic mass is 10.1. The van der Waals surface area contributed by atoms with Crippen molar-refractivity contribution in [2.75, 3.05) is 0 Å². The van der Waals surface area contributed by atoms with Gasteiger partial charge in [0.15, 0.2) is 0 Å². The van der Waals surface area contributed by atoms with Crippen LogP contribution in [0.3, 0.4) is 0 Å². The summed E-state index contributed by atoms with van der Waals surface area (Å²) < 4.78 is 5.45. The van der Waals surface area contributed by atoms with E-state index in [9.17, 15) is 0 Å². The minimum atomic E-state index is 0.276. The van der Waals surface area contributed by atoms with Crippen LogP contribution in [0.25, 0.3) is 0 Å². The Kier molecular flexibility index (Phi) is 3.04. The average molecular weight is 247 g/mol. The predicted molar refractivity (Wildman–Crippen MR) is 70.0 cm³/mol. The maximum Gasteiger partial charge on any atom is 0.120 e. The molecule has 0 saturated heterocycles. The fraction of sp³-hybridized carbons (Fsp3) is 0.429. The summed E-state index contributed by atoms with van der Waals surface area (Å²) in [6.07, 6.45) is 4.44. The summed E-state index contributed by atoms with van der Waals surface area (Å²) in [5.74, 6) is 1.83. The van der Waals surface area contributed by atoms with E-state index >= 15 is 0 Å². The van der Waals surface area contributed by atoms with E-state index in [1.807, 2.05) is 23.5 Å². The minimum absolute atomic E-state index is 0.276. The van der Waals surface area contributed by atoms with Crippen LogP contribution < -0.4 is 5.32 Å². The Balaban J connectivity index is 1.73. The molecule has 2 atom stereocenters. The molecule has 1 N–H and O–H groups in total. The molecule has 0 radical (unpaired) electrons. The van der Waals surface area contributed by atoms with Gasteiger partial charge in [-0.1, -0.05) is 6.07 Å². The summed E-state index contributed by atoms with van der Waals surface area (Å²) >= 11 is 1.85. The van der Waals surface area contributed by atoms with Gasteiger partial charge in [0.25, 0.3) is 0 Å². The summed E-state index contributed by atoms with van der Waals surface area (Å²) in [4.78, 5) is 1.45. The fourth-order valence-electron chi connectivity index (χ4n) is 2.24. The zero-order chi connectivity index (χ0) is 11.7. The van der Waals surface area contributed by atoms with E-state index in [2.05, 4.69) is 29.8 Å². The molecule has 2 aromatic heterocycles. The Morgan fingerprint density at radius 2 is 2.24 bits per heavy atom. The van der Waals surface area contributed by atoms with Crippen LogP contribution >= 0.6 is 11.3 Å². The first-order valence-corrected chi connectivity index (χ1v) is 7.05. The van der Waals surface area contributed by atoms with Gasteiger partial charge < -0.3 is 4.42 Å². The van der Waals surface area contributed by atoms with E-state index in [0.29, 0.717) is 6.04 Å². The molecule has 2 aromatic rings. The van der Waals surface area contributed by atoms with Crippen LogP contribution in [0.4, 0.5) is 0 Å². The molecule has 2 heterocycles. The molecule has 0 spiro atoms. The molecule has 0 aliphatic heterocycles. The van der Waals surface area contributed by atoms with E-state index in [0.717, 1.165) is 11.7 Å². The van der Waals surface area contributed by atoms with Gasteiger partial charge in [0, 0.05) is 10.9 Å². The second kappa shape index (κ2) is 4.67. The van der Waals surface area contributed by atoms with Gasteiger partial charge in [-0.15, -0.1) is 11.3 Å². The SMILES string of the molecule is CC(NC(c1cccs1)C1CC1)c1ccco1. The monoisotopic (exact) mass is 247 g/mol. The fourth-order valence-corrected chi connectivity index (χ4v) is 3.12. The van der Waals surface area contributed by atoms with Crippen molar-refractivity contribution in [3.05, 3.63) is 46.5 Å². The van der Waals surface area contributed by atoms with Crippen molar-refractivity contribution in [3.8, 4) is 0 Å². The van der Waals surface area contributed by atoms with Gasteiger partial charge in [-0.2, -0.15) is 0 Å². The van der Waals surface area contributed by atoms with E-state index in [1.54, 1.807) is 6.26 Å². The molecular formula is C14H17NOS. The second-order valence-electron chi connectivity index (χ2n) is 4.73. The Labute approximate surface area is 106 Å². The van der Waals surface area contributed by atoms with Crippen LogP contribution in [-0.4, -0.2) is 0 Å². The third kappa shape index (κ3) is 2.45. The van der Waals surface area contributed by atoms with E-state index < -0.39 is 0 Å². The third-order valence-electron chi connectivity index (χ3n) is 3.34. The van der Waals surface area contributed by atoms with Crippen molar-refractivity contribution in [2.45, 2.75) is 31.8 Å². The summed E-state index contributed by atoms with van der Waals surface area (Å²) in [5.41, 5.74) is 0. The van der Waals surface area contributed by atoms with Gasteiger partial charge in [0.1, 0.15) is 5.76 Å². The lowest BCUT2D eigenvalue weighted by Crippen LogP contribution is -2.25. The van der Waals surface area contributed by atoms with Gasteiger partial charge in [-0.3, -0.25) is 5.32 Å². The van der Waals surface area contributed by atoms with Crippen LogP contribution in [0, 0.1) is 5.92 Å². The highest BCUT2D eigenvalue weighted by Gasteiger charge is 2.33. The van der Waals surface area contributed by atoms with Gasteiger partial charge in [-0.05, 0) is 49.3 Å². The number of thiophene rings is 1. The lowest BCUT2D eigenvalue weighted by molar-refractivity contribution is 0.375. The van der Waals surface area contributed by atoms with E-state index in [1.165, 1.54) is 17.7 Å². The maximum atomic E-state index is 5.45. The largest absolute Gasteiger partial charge is 0.468 e. The quantitative estimate of drug-likeness (QED) is 0.859. The highest BCUT2D eigenvalue weighted by molar-refractivity contribution is 7.10. The number of furan rings is 1. The minimum Gasteiger partial charge on any atom is -0.468 e. The molecule has 0 aromatic carbocycles. The number of hydrogen-bond donors (Lipinski definition) is 1. The molecule has 3 heteroatoms. The Hall–Kier alpha value is -1.06. The molecule has 0 bridgehead atoms. The second-order valence-corrected chi connectivity index (χ2v) is 5.71. The van der Waals surface area contributed by atoms with Crippen LogP contribution in [0.1, 0.15) is 42.5 Å². The Bertz CT molecular complexity index is 445. The van der Waals surface area contributed by atoms with Gasteiger partial charge in [0.2, 0.25) is 0 Å². The van der Waals surface area contributed by atoms with Crippen molar-refractivity contribution in [1.82, 2.24) is 5.32 Å². The van der Waals surface area contributed by atoms with Crippen LogP contribution in [0.15, 0.2) is 40.3 Å². The van der Waals surface area contributed by atoms with Crippen molar-refractivity contribution in [1.29, 1.82) is 0 Å². The molecular weight excluding hydrogens is 230 g/mol. The first-order chi connectivity index (χ1) is 8.34. The molecule has 2 nitrogen and oxygen atoms in total. The Morgan fingerprint density at radius 3 is 2.82 bits per heavy atom. The van der Waals surface area contributed by atoms with E-state index in [-0.39, 0.29) is 6.04 Å². The summed E-state index contributed by atoms with van der Waals surface area (Å²) in [7, 11) is 0. The standard InChI is InChI=1S/C14H17NOS/c1-10(12-4-2-8-16-12)15-14(11-6-7-11)13-5-3-9-17-13/h2-5,8-11,14-15H,6-7H2,1H3. The third-order valence-corrected chi connectivity index (χ3v) is 4.30. The zero-order valence-corrected chi connectivity index (χ0v) is 10.7. The summed E-state index contributed by atoms with van der Waals surface area (Å²) in [6.45, 7) is 2.17. The molecule has 1 fully saturated rings. The van der Waals surface area contributed by atoms with Crippen LogP contribution in [0.2, 0.25) is 0 Å². The average Bonchev–Trinajstić information content (AvgIpc) is 2.87. The van der Waals surface area contributed by atoms with Crippen molar-refractivity contribution >= 4 is 11.3 Å². The lowest BCUT2D eigenvalue weighted by Gasteiger charge is -2.21. The molecule has 17 heavy (non-hydrogen) atoms. The first kappa shape index (κ1) is 11.1. The number of rotatable bonds is 5. The van der Waals surface area contributed by atoms with Crippen LogP contribution in [-0.2, 0) is 0 Å². The molecule has 0 amide bonds. The number of nitrogens with one attached hydrogen (secondary N) is 1. The smallest absolute Gasteiger partial charge is 0.120 e. The van der Waals surface area contributed by atoms with Crippen LogP contribution in [0.5, 0.6) is 0 Å². The van der Waals surface area contributed by atoms with Crippen molar-refractivity contribution in [2.24, 2.45) is 5.92 Å². The van der Waals surface area contributed by atoms with Crippen molar-refractivity contribution in [3.63, 3.8) is 0 Å². The molecule has 90 valence electrons. The van der Waals surface area contributed by atoms with Gasteiger partial charge in [-0.25, -0.2) is 0 Å². The normalized spacial score (nSPS) is 19.1. The van der Waals surface area contributed by atoms with Gasteiger partial charge >= 0.3 is 0 Å². The highest BCUT2D eigenvalue weighted by atomic mass is 32.1. The van der Waals surface area contributed by atoms with Gasteiger partial charge in [0.05, 0.1) is 12.3 Å². The summed E-state index contributed by atoms with van der Waals surface area (Å²) in [6, 6.07) is 9.12. The van der Waals surface area contributed by atoms with E-state index in [4.69, 9.17) is 4.42 Å². The van der Waals surface area contributed by atoms with Crippen molar-refractivity contribution < 1.29 is 4.42 Å². The number of hydrogen-bond acceptors (Lipinski definition) is 3. The highest BCUT2D eigenvalue weighted by Crippen LogP contribution is 2.43. The molecule has 1 aliphatic carbocycles. The summed E-state index contributed by atoms with van der Waals surface area (Å²) in [5, 5.41) is 5.86. The maximum absolute atomic E-state index is 5.45. The molecule has 3 rings (SSSR count). The predicted octanol–water partition coefficient (Wildman–Crippen LogP) is 4.14. The molecule has 1 aliphatic rings.